The molecule has 1 aromatic heterocycles. The number of Topliss-reactive ketones (excluding diaryl/α,β-unsaturated/α-hetero) is 1. The third kappa shape index (κ3) is 3.68. The zero-order chi connectivity index (χ0) is 15.2. The summed E-state index contributed by atoms with van der Waals surface area (Å²) in [5.41, 5.74) is 3.56. The molecule has 0 radical (unpaired) electrons. The Balaban J connectivity index is 2.02. The van der Waals surface area contributed by atoms with Crippen LogP contribution in [0, 0.1) is 0 Å². The first-order valence-electron chi connectivity index (χ1n) is 6.49. The molecule has 0 unspecified atom stereocenters. The molecular weight excluding hydrogens is 288 g/mol. The van der Waals surface area contributed by atoms with E-state index in [0.29, 0.717) is 22.6 Å². The second kappa shape index (κ2) is 7.01. The van der Waals surface area contributed by atoms with E-state index >= 15 is 0 Å². The van der Waals surface area contributed by atoms with E-state index in [1.165, 1.54) is 11.3 Å². The van der Waals surface area contributed by atoms with Crippen molar-refractivity contribution in [3.8, 4) is 5.75 Å². The van der Waals surface area contributed by atoms with Gasteiger partial charge in [-0.3, -0.25) is 15.0 Å². The normalized spacial score (nSPS) is 10.2. The molecule has 0 saturated heterocycles. The van der Waals surface area contributed by atoms with Gasteiger partial charge in [0.25, 0.3) is 5.91 Å². The Morgan fingerprint density at radius 2 is 1.95 bits per heavy atom. The number of benzene rings is 1. The lowest BCUT2D eigenvalue weighted by atomic mass is 10.1. The van der Waals surface area contributed by atoms with Gasteiger partial charge in [-0.25, -0.2) is 5.84 Å². The second-order valence-corrected chi connectivity index (χ2v) is 5.25. The van der Waals surface area contributed by atoms with Crippen LogP contribution in [0.15, 0.2) is 35.7 Å². The Kier molecular flexibility index (Phi) is 5.08. The number of rotatable bonds is 6. The van der Waals surface area contributed by atoms with E-state index in [1.807, 2.05) is 18.4 Å². The summed E-state index contributed by atoms with van der Waals surface area (Å²) in [6.45, 7) is 2.10. The summed E-state index contributed by atoms with van der Waals surface area (Å²) < 4.78 is 5.63. The highest BCUT2D eigenvalue weighted by Gasteiger charge is 2.12. The monoisotopic (exact) mass is 304 g/mol. The van der Waals surface area contributed by atoms with Gasteiger partial charge >= 0.3 is 0 Å². The van der Waals surface area contributed by atoms with E-state index in [1.54, 1.807) is 24.3 Å². The zero-order valence-electron chi connectivity index (χ0n) is 11.6. The van der Waals surface area contributed by atoms with Crippen LogP contribution in [-0.2, 0) is 6.61 Å². The Morgan fingerprint density at radius 1 is 1.24 bits per heavy atom. The molecule has 1 amide bonds. The maximum atomic E-state index is 11.5. The molecule has 2 rings (SSSR count). The predicted octanol–water partition coefficient (Wildman–Crippen LogP) is 2.52. The Hall–Kier alpha value is -2.18. The standard InChI is InChI=1S/C15H16N2O3S/c1-2-13(18)10-3-5-12(6-4-10)20-9-11-7-8-21-14(11)15(19)17-16/h3-8H,2,9,16H2,1H3,(H,17,19). The summed E-state index contributed by atoms with van der Waals surface area (Å²) in [6.07, 6.45) is 0.479. The number of amides is 1. The van der Waals surface area contributed by atoms with E-state index in [0.717, 1.165) is 5.56 Å². The van der Waals surface area contributed by atoms with Crippen molar-refractivity contribution in [2.45, 2.75) is 20.0 Å². The first-order chi connectivity index (χ1) is 10.2. The average Bonchev–Trinajstić information content (AvgIpc) is 3.00. The number of ketones is 1. The molecule has 110 valence electrons. The summed E-state index contributed by atoms with van der Waals surface area (Å²) in [6, 6.07) is 8.80. The Bertz CT molecular complexity index is 635. The molecule has 2 aromatic rings. The average molecular weight is 304 g/mol. The van der Waals surface area contributed by atoms with Crippen molar-refractivity contribution < 1.29 is 14.3 Å². The zero-order valence-corrected chi connectivity index (χ0v) is 12.4. The molecule has 1 aromatic carbocycles. The number of hydrogen-bond acceptors (Lipinski definition) is 5. The number of hydrogen-bond donors (Lipinski definition) is 2. The fourth-order valence-electron chi connectivity index (χ4n) is 1.82. The molecule has 0 bridgehead atoms. The minimum atomic E-state index is -0.326. The van der Waals surface area contributed by atoms with E-state index in [4.69, 9.17) is 10.6 Å². The molecule has 0 saturated carbocycles. The van der Waals surface area contributed by atoms with E-state index in [2.05, 4.69) is 5.43 Å². The van der Waals surface area contributed by atoms with Gasteiger partial charge in [-0.2, -0.15) is 0 Å². The molecule has 1 heterocycles. The fraction of sp³-hybridized carbons (Fsp3) is 0.200. The topological polar surface area (TPSA) is 81.4 Å². The highest BCUT2D eigenvalue weighted by molar-refractivity contribution is 7.12. The van der Waals surface area contributed by atoms with Gasteiger partial charge in [0.2, 0.25) is 0 Å². The van der Waals surface area contributed by atoms with Crippen LogP contribution in [0.5, 0.6) is 5.75 Å². The smallest absolute Gasteiger partial charge is 0.275 e. The third-order valence-corrected chi connectivity index (χ3v) is 3.93. The van der Waals surface area contributed by atoms with Crippen LogP contribution in [0.25, 0.3) is 0 Å². The maximum Gasteiger partial charge on any atom is 0.275 e. The molecule has 6 heteroatoms. The minimum Gasteiger partial charge on any atom is -0.489 e. The lowest BCUT2D eigenvalue weighted by molar-refractivity contribution is 0.0953. The van der Waals surface area contributed by atoms with Crippen molar-refractivity contribution in [2.75, 3.05) is 0 Å². The predicted molar refractivity (Wildman–Crippen MR) is 81.4 cm³/mol. The summed E-state index contributed by atoms with van der Waals surface area (Å²) in [4.78, 5) is 23.6. The number of carbonyl (C=O) groups is 2. The summed E-state index contributed by atoms with van der Waals surface area (Å²) in [7, 11) is 0. The molecule has 0 fully saturated rings. The van der Waals surface area contributed by atoms with Crippen molar-refractivity contribution in [3.63, 3.8) is 0 Å². The Labute approximate surface area is 126 Å². The number of ether oxygens (including phenoxy) is 1. The van der Waals surface area contributed by atoms with E-state index in [9.17, 15) is 9.59 Å². The van der Waals surface area contributed by atoms with Crippen molar-refractivity contribution in [2.24, 2.45) is 5.84 Å². The van der Waals surface area contributed by atoms with Gasteiger partial charge in [0.05, 0.1) is 4.88 Å². The van der Waals surface area contributed by atoms with Gasteiger partial charge in [-0.1, -0.05) is 6.92 Å². The summed E-state index contributed by atoms with van der Waals surface area (Å²) >= 11 is 1.31. The lowest BCUT2D eigenvalue weighted by Crippen LogP contribution is -2.30. The number of nitrogen functional groups attached to an aromatic ring is 1. The highest BCUT2D eigenvalue weighted by atomic mass is 32.1. The number of carbonyl (C=O) groups excluding carboxylic acids is 2. The highest BCUT2D eigenvalue weighted by Crippen LogP contribution is 2.20. The minimum absolute atomic E-state index is 0.0984. The number of nitrogens with one attached hydrogen (secondary N) is 1. The van der Waals surface area contributed by atoms with Crippen LogP contribution in [0.1, 0.15) is 38.9 Å². The second-order valence-electron chi connectivity index (χ2n) is 4.34. The van der Waals surface area contributed by atoms with Gasteiger partial charge in [-0.05, 0) is 35.7 Å². The quantitative estimate of drug-likeness (QED) is 0.372. The van der Waals surface area contributed by atoms with Crippen LogP contribution in [0.2, 0.25) is 0 Å². The molecule has 5 nitrogen and oxygen atoms in total. The first-order valence-corrected chi connectivity index (χ1v) is 7.37. The summed E-state index contributed by atoms with van der Waals surface area (Å²) in [5.74, 6) is 5.55. The Morgan fingerprint density at radius 3 is 2.57 bits per heavy atom. The largest absolute Gasteiger partial charge is 0.489 e. The lowest BCUT2D eigenvalue weighted by Gasteiger charge is -2.07. The van der Waals surface area contributed by atoms with Gasteiger partial charge in [0, 0.05) is 17.5 Å². The molecule has 0 aliphatic heterocycles. The molecule has 3 N–H and O–H groups in total. The number of hydrazine groups is 1. The third-order valence-electron chi connectivity index (χ3n) is 2.98. The molecule has 21 heavy (non-hydrogen) atoms. The first kappa shape index (κ1) is 15.2. The van der Waals surface area contributed by atoms with Crippen molar-refractivity contribution >= 4 is 23.0 Å². The van der Waals surface area contributed by atoms with Crippen LogP contribution < -0.4 is 16.0 Å². The molecule has 0 aliphatic rings. The van der Waals surface area contributed by atoms with Gasteiger partial charge in [0.1, 0.15) is 12.4 Å². The van der Waals surface area contributed by atoms with Crippen LogP contribution >= 0.6 is 11.3 Å². The van der Waals surface area contributed by atoms with Gasteiger partial charge < -0.3 is 4.74 Å². The van der Waals surface area contributed by atoms with E-state index < -0.39 is 0 Å². The number of nitrogens with two attached hydrogens (primary N) is 1. The van der Waals surface area contributed by atoms with Crippen LogP contribution in [0.4, 0.5) is 0 Å². The van der Waals surface area contributed by atoms with Crippen molar-refractivity contribution in [1.82, 2.24) is 5.43 Å². The molecule has 0 spiro atoms. The molecule has 0 atom stereocenters. The van der Waals surface area contributed by atoms with Crippen LogP contribution in [-0.4, -0.2) is 11.7 Å². The fourth-order valence-corrected chi connectivity index (χ4v) is 2.63. The SMILES string of the molecule is CCC(=O)c1ccc(OCc2ccsc2C(=O)NN)cc1. The molecule has 0 aliphatic carbocycles. The van der Waals surface area contributed by atoms with Crippen molar-refractivity contribution in [3.05, 3.63) is 51.7 Å². The maximum absolute atomic E-state index is 11.5. The summed E-state index contributed by atoms with van der Waals surface area (Å²) in [5, 5.41) is 1.81. The van der Waals surface area contributed by atoms with Gasteiger partial charge in [-0.15, -0.1) is 11.3 Å². The van der Waals surface area contributed by atoms with Crippen LogP contribution in [0.3, 0.4) is 0 Å². The van der Waals surface area contributed by atoms with Gasteiger partial charge in [0.15, 0.2) is 5.78 Å². The van der Waals surface area contributed by atoms with Crippen molar-refractivity contribution in [1.29, 1.82) is 0 Å². The molecular formula is C15H16N2O3S. The van der Waals surface area contributed by atoms with E-state index in [-0.39, 0.29) is 18.3 Å². The number of thiophene rings is 1.